The van der Waals surface area contributed by atoms with Gasteiger partial charge in [-0.2, -0.15) is 11.8 Å². The summed E-state index contributed by atoms with van der Waals surface area (Å²) >= 11 is 1.88. The van der Waals surface area contributed by atoms with Crippen LogP contribution in [0.4, 0.5) is 4.79 Å². The van der Waals surface area contributed by atoms with Crippen LogP contribution in [-0.2, 0) is 4.74 Å². The molecule has 0 bridgehead atoms. The topological polar surface area (TPSA) is 41.6 Å². The highest BCUT2D eigenvalue weighted by molar-refractivity contribution is 7.98. The summed E-state index contributed by atoms with van der Waals surface area (Å²) in [4.78, 5) is 14.0. The van der Waals surface area contributed by atoms with Crippen molar-refractivity contribution >= 4 is 17.9 Å². The maximum Gasteiger partial charge on any atom is 0.410 e. The smallest absolute Gasteiger partial charge is 0.410 e. The van der Waals surface area contributed by atoms with Crippen molar-refractivity contribution < 1.29 is 9.53 Å². The first kappa shape index (κ1) is 17.6. The van der Waals surface area contributed by atoms with Gasteiger partial charge in [-0.3, -0.25) is 0 Å². The Kier molecular flexibility index (Phi) is 7.17. The van der Waals surface area contributed by atoms with Gasteiger partial charge < -0.3 is 15.0 Å². The Morgan fingerprint density at radius 3 is 2.80 bits per heavy atom. The van der Waals surface area contributed by atoms with Crippen LogP contribution in [0.2, 0.25) is 0 Å². The monoisotopic (exact) mass is 302 g/mol. The van der Waals surface area contributed by atoms with Gasteiger partial charge >= 0.3 is 6.09 Å². The van der Waals surface area contributed by atoms with Crippen molar-refractivity contribution in [3.63, 3.8) is 0 Å². The highest BCUT2D eigenvalue weighted by Crippen LogP contribution is 2.20. The van der Waals surface area contributed by atoms with Crippen LogP contribution in [0.5, 0.6) is 0 Å². The second-order valence-electron chi connectivity index (χ2n) is 6.69. The molecule has 0 spiro atoms. The molecule has 1 aliphatic heterocycles. The van der Waals surface area contributed by atoms with E-state index >= 15 is 0 Å². The van der Waals surface area contributed by atoms with Gasteiger partial charge in [-0.1, -0.05) is 6.92 Å². The molecule has 2 atom stereocenters. The summed E-state index contributed by atoms with van der Waals surface area (Å²) in [5.74, 6) is 1.84. The Balaban J connectivity index is 2.35. The average molecular weight is 302 g/mol. The Morgan fingerprint density at radius 1 is 1.50 bits per heavy atom. The fraction of sp³-hybridized carbons (Fsp3) is 0.933. The van der Waals surface area contributed by atoms with Crippen molar-refractivity contribution in [1.82, 2.24) is 10.2 Å². The van der Waals surface area contributed by atoms with E-state index in [0.29, 0.717) is 5.92 Å². The molecule has 20 heavy (non-hydrogen) atoms. The number of rotatable bonds is 6. The van der Waals surface area contributed by atoms with Crippen molar-refractivity contribution in [2.45, 2.75) is 52.2 Å². The fourth-order valence-electron chi connectivity index (χ4n) is 2.45. The molecule has 0 saturated carbocycles. The molecule has 1 aliphatic rings. The van der Waals surface area contributed by atoms with Gasteiger partial charge in [-0.15, -0.1) is 0 Å². The zero-order chi connectivity index (χ0) is 15.2. The fourth-order valence-corrected chi connectivity index (χ4v) is 3.14. The minimum absolute atomic E-state index is 0.168. The summed E-state index contributed by atoms with van der Waals surface area (Å²) < 4.78 is 5.47. The minimum atomic E-state index is -0.412. The first-order valence-corrected chi connectivity index (χ1v) is 8.92. The van der Waals surface area contributed by atoms with Crippen LogP contribution in [0.25, 0.3) is 0 Å². The molecular weight excluding hydrogens is 272 g/mol. The Morgan fingerprint density at radius 2 is 2.20 bits per heavy atom. The Bertz CT molecular complexity index is 305. The largest absolute Gasteiger partial charge is 0.444 e. The van der Waals surface area contributed by atoms with Crippen LogP contribution in [0, 0.1) is 5.92 Å². The van der Waals surface area contributed by atoms with Gasteiger partial charge in [-0.05, 0) is 58.1 Å². The van der Waals surface area contributed by atoms with E-state index in [1.54, 1.807) is 0 Å². The summed E-state index contributed by atoms with van der Waals surface area (Å²) in [6, 6.07) is 0.284. The van der Waals surface area contributed by atoms with Crippen LogP contribution in [0.3, 0.4) is 0 Å². The molecule has 1 saturated heterocycles. The van der Waals surface area contributed by atoms with Crippen molar-refractivity contribution in [2.24, 2.45) is 5.92 Å². The first-order chi connectivity index (χ1) is 9.33. The van der Waals surface area contributed by atoms with Crippen LogP contribution < -0.4 is 5.32 Å². The highest BCUT2D eigenvalue weighted by atomic mass is 32.2. The molecule has 1 fully saturated rings. The maximum atomic E-state index is 12.1. The predicted octanol–water partition coefficient (Wildman–Crippen LogP) is 2.97. The van der Waals surface area contributed by atoms with Gasteiger partial charge in [0.15, 0.2) is 0 Å². The van der Waals surface area contributed by atoms with Crippen LogP contribution in [-0.4, -0.2) is 54.3 Å². The lowest BCUT2D eigenvalue weighted by molar-refractivity contribution is 0.0226. The molecule has 0 aliphatic carbocycles. The third kappa shape index (κ3) is 6.35. The predicted molar refractivity (Wildman–Crippen MR) is 86.4 cm³/mol. The number of ether oxygens (including phenoxy) is 1. The van der Waals surface area contributed by atoms with Crippen LogP contribution in [0.15, 0.2) is 0 Å². The molecule has 1 rings (SSSR count). The second kappa shape index (κ2) is 8.13. The van der Waals surface area contributed by atoms with Crippen molar-refractivity contribution in [3.05, 3.63) is 0 Å². The van der Waals surface area contributed by atoms with E-state index in [1.165, 1.54) is 5.75 Å². The maximum absolute atomic E-state index is 12.1. The molecule has 0 aromatic rings. The molecular formula is C15H30N2O2S. The average Bonchev–Trinajstić information content (AvgIpc) is 2.75. The number of hydrogen-bond acceptors (Lipinski definition) is 4. The summed E-state index contributed by atoms with van der Waals surface area (Å²) in [7, 11) is 0. The zero-order valence-electron chi connectivity index (χ0n) is 13.6. The number of carbonyl (C=O) groups excluding carboxylic acids is 1. The summed E-state index contributed by atoms with van der Waals surface area (Å²) in [6.07, 6.45) is 4.12. The van der Waals surface area contributed by atoms with Gasteiger partial charge in [0.05, 0.1) is 0 Å². The minimum Gasteiger partial charge on any atom is -0.444 e. The van der Waals surface area contributed by atoms with Crippen molar-refractivity contribution in [3.8, 4) is 0 Å². The number of nitrogens with one attached hydrogen (secondary N) is 1. The molecule has 5 heteroatoms. The molecule has 1 N–H and O–H groups in total. The molecule has 0 radical (unpaired) electrons. The van der Waals surface area contributed by atoms with Crippen molar-refractivity contribution in [1.29, 1.82) is 0 Å². The first-order valence-electron chi connectivity index (χ1n) is 7.52. The zero-order valence-corrected chi connectivity index (χ0v) is 14.4. The van der Waals surface area contributed by atoms with E-state index in [0.717, 1.165) is 32.5 Å². The molecule has 0 aromatic heterocycles. The van der Waals surface area contributed by atoms with Gasteiger partial charge in [0.1, 0.15) is 5.60 Å². The van der Waals surface area contributed by atoms with Gasteiger partial charge in [0.2, 0.25) is 0 Å². The molecule has 0 aromatic carbocycles. The van der Waals surface area contributed by atoms with E-state index in [4.69, 9.17) is 4.74 Å². The lowest BCUT2D eigenvalue weighted by Crippen LogP contribution is -2.44. The third-order valence-corrected chi connectivity index (χ3v) is 4.23. The third-order valence-electron chi connectivity index (χ3n) is 3.33. The van der Waals surface area contributed by atoms with Crippen molar-refractivity contribution in [2.75, 3.05) is 31.6 Å². The van der Waals surface area contributed by atoms with E-state index in [-0.39, 0.29) is 12.1 Å². The lowest BCUT2D eigenvalue weighted by Gasteiger charge is -2.29. The number of hydrogen-bond donors (Lipinski definition) is 1. The number of carbonyl (C=O) groups is 1. The van der Waals surface area contributed by atoms with Crippen LogP contribution >= 0.6 is 11.8 Å². The molecule has 118 valence electrons. The molecule has 1 heterocycles. The quantitative estimate of drug-likeness (QED) is 0.819. The second-order valence-corrected chi connectivity index (χ2v) is 7.60. The number of likely N-dealkylation sites (tertiary alicyclic amines) is 1. The van der Waals surface area contributed by atoms with Gasteiger partial charge in [-0.25, -0.2) is 4.79 Å². The summed E-state index contributed by atoms with van der Waals surface area (Å²) in [5.41, 5.74) is -0.412. The SMILES string of the molecule is CSCC(C)CNCC1CCCN1C(=O)OC(C)(C)C. The lowest BCUT2D eigenvalue weighted by atomic mass is 10.2. The number of thioether (sulfide) groups is 1. The van der Waals surface area contributed by atoms with E-state index in [2.05, 4.69) is 18.5 Å². The number of nitrogens with zero attached hydrogens (tertiary/aromatic N) is 1. The Hall–Kier alpha value is -0.420. The number of amides is 1. The highest BCUT2D eigenvalue weighted by Gasteiger charge is 2.31. The molecule has 1 amide bonds. The Labute approximate surface area is 128 Å². The summed E-state index contributed by atoms with van der Waals surface area (Å²) in [6.45, 7) is 10.7. The van der Waals surface area contributed by atoms with Gasteiger partial charge in [0.25, 0.3) is 0 Å². The standard InChI is InChI=1S/C15H30N2O2S/c1-12(11-20-5)9-16-10-13-7-6-8-17(13)14(18)19-15(2,3)4/h12-13,16H,6-11H2,1-5H3. The molecule has 2 unspecified atom stereocenters. The van der Waals surface area contributed by atoms with Gasteiger partial charge in [0, 0.05) is 19.1 Å². The van der Waals surface area contributed by atoms with E-state index in [9.17, 15) is 4.79 Å². The normalized spacial score (nSPS) is 21.1. The van der Waals surface area contributed by atoms with Crippen LogP contribution in [0.1, 0.15) is 40.5 Å². The van der Waals surface area contributed by atoms with E-state index in [1.807, 2.05) is 37.4 Å². The molecule has 4 nitrogen and oxygen atoms in total. The summed E-state index contributed by atoms with van der Waals surface area (Å²) in [5, 5.41) is 3.50. The van der Waals surface area contributed by atoms with E-state index < -0.39 is 5.60 Å².